The van der Waals surface area contributed by atoms with Crippen molar-refractivity contribution in [3.63, 3.8) is 0 Å². The van der Waals surface area contributed by atoms with E-state index in [0.717, 1.165) is 38.3 Å². The van der Waals surface area contributed by atoms with E-state index in [1.165, 1.54) is 23.5 Å². The molecule has 33 heavy (non-hydrogen) atoms. The van der Waals surface area contributed by atoms with Crippen LogP contribution in [0.15, 0.2) is 77.7 Å². The van der Waals surface area contributed by atoms with Crippen LogP contribution >= 0.6 is 11.3 Å². The summed E-state index contributed by atoms with van der Waals surface area (Å²) in [5.41, 5.74) is 2.03. The number of fused-ring (bicyclic) bond motifs is 1. The summed E-state index contributed by atoms with van der Waals surface area (Å²) in [6.45, 7) is 8.18. The number of nitrogens with zero attached hydrogens (tertiary/aromatic N) is 1. The lowest BCUT2D eigenvalue weighted by molar-refractivity contribution is -0.137. The zero-order valence-electron chi connectivity index (χ0n) is 18.9. The SMILES string of the molecule is CC.Cc1ccc(S(=O)N(Cc2ccc(C(F)(F)F)cc2)c2sc3ccccc3c2C)cc1. The van der Waals surface area contributed by atoms with Crippen molar-refractivity contribution < 1.29 is 17.4 Å². The number of benzene rings is 3. The normalized spacial score (nSPS) is 12.2. The Hall–Kier alpha value is -2.64. The molecule has 0 aliphatic carbocycles. The van der Waals surface area contributed by atoms with E-state index in [1.54, 1.807) is 4.31 Å². The van der Waals surface area contributed by atoms with E-state index < -0.39 is 22.7 Å². The molecule has 174 valence electrons. The van der Waals surface area contributed by atoms with Crippen molar-refractivity contribution in [2.75, 3.05) is 4.31 Å². The zero-order valence-corrected chi connectivity index (χ0v) is 20.6. The number of aryl methyl sites for hydroxylation is 2. The third kappa shape index (κ3) is 5.65. The first-order chi connectivity index (χ1) is 15.7. The van der Waals surface area contributed by atoms with Crippen molar-refractivity contribution in [1.29, 1.82) is 0 Å². The lowest BCUT2D eigenvalue weighted by atomic mass is 10.1. The van der Waals surface area contributed by atoms with Gasteiger partial charge in [-0.05, 0) is 60.7 Å². The van der Waals surface area contributed by atoms with Gasteiger partial charge in [0.1, 0.15) is 5.00 Å². The smallest absolute Gasteiger partial charge is 0.274 e. The maximum Gasteiger partial charge on any atom is 0.416 e. The lowest BCUT2D eigenvalue weighted by Gasteiger charge is -2.23. The highest BCUT2D eigenvalue weighted by Gasteiger charge is 2.30. The lowest BCUT2D eigenvalue weighted by Crippen LogP contribution is -2.25. The molecular weight excluding hydrogens is 463 g/mol. The molecule has 4 rings (SSSR count). The Morgan fingerprint density at radius 1 is 0.879 bits per heavy atom. The van der Waals surface area contributed by atoms with Crippen LogP contribution in [0.4, 0.5) is 18.2 Å². The number of thiophene rings is 1. The Morgan fingerprint density at radius 3 is 2.06 bits per heavy atom. The molecule has 3 aromatic carbocycles. The van der Waals surface area contributed by atoms with E-state index in [2.05, 4.69) is 0 Å². The van der Waals surface area contributed by atoms with Gasteiger partial charge in [0.25, 0.3) is 0 Å². The van der Waals surface area contributed by atoms with Gasteiger partial charge in [0, 0.05) is 4.70 Å². The minimum absolute atomic E-state index is 0.228. The summed E-state index contributed by atoms with van der Waals surface area (Å²) in [5, 5.41) is 1.93. The van der Waals surface area contributed by atoms with Gasteiger partial charge < -0.3 is 0 Å². The molecule has 0 N–H and O–H groups in total. The first kappa shape index (κ1) is 25.0. The van der Waals surface area contributed by atoms with Crippen LogP contribution in [0.2, 0.25) is 0 Å². The third-order valence-corrected chi connectivity index (χ3v) is 7.87. The van der Waals surface area contributed by atoms with Gasteiger partial charge in [0.2, 0.25) is 0 Å². The fourth-order valence-corrected chi connectivity index (χ4v) is 5.96. The first-order valence-corrected chi connectivity index (χ1v) is 12.6. The van der Waals surface area contributed by atoms with Gasteiger partial charge in [0.05, 0.1) is 17.0 Å². The average Bonchev–Trinajstić information content (AvgIpc) is 3.15. The maximum atomic E-state index is 13.6. The molecule has 0 aliphatic heterocycles. The van der Waals surface area contributed by atoms with Crippen molar-refractivity contribution in [2.24, 2.45) is 0 Å². The number of hydrogen-bond acceptors (Lipinski definition) is 2. The van der Waals surface area contributed by atoms with E-state index >= 15 is 0 Å². The highest BCUT2D eigenvalue weighted by atomic mass is 32.2. The Labute approximate surface area is 199 Å². The summed E-state index contributed by atoms with van der Waals surface area (Å²) in [6.07, 6.45) is -4.38. The van der Waals surface area contributed by atoms with E-state index in [0.29, 0.717) is 10.5 Å². The minimum Gasteiger partial charge on any atom is -0.274 e. The molecule has 0 spiro atoms. The van der Waals surface area contributed by atoms with Crippen LogP contribution in [0, 0.1) is 13.8 Å². The number of rotatable bonds is 5. The molecule has 0 radical (unpaired) electrons. The molecule has 0 fully saturated rings. The molecule has 1 atom stereocenters. The second kappa shape index (κ2) is 10.5. The third-order valence-electron chi connectivity index (χ3n) is 5.08. The van der Waals surface area contributed by atoms with Crippen LogP contribution in [-0.2, 0) is 23.7 Å². The van der Waals surface area contributed by atoms with Crippen LogP contribution < -0.4 is 4.31 Å². The van der Waals surface area contributed by atoms with Crippen LogP contribution in [0.3, 0.4) is 0 Å². The van der Waals surface area contributed by atoms with Gasteiger partial charge in [-0.15, -0.1) is 11.3 Å². The van der Waals surface area contributed by atoms with Crippen molar-refractivity contribution in [2.45, 2.75) is 45.3 Å². The van der Waals surface area contributed by atoms with E-state index in [9.17, 15) is 17.4 Å². The molecule has 1 heterocycles. The minimum atomic E-state index is -4.38. The van der Waals surface area contributed by atoms with Crippen molar-refractivity contribution in [1.82, 2.24) is 0 Å². The quantitative estimate of drug-likeness (QED) is 0.276. The molecule has 0 saturated heterocycles. The van der Waals surface area contributed by atoms with Gasteiger partial charge in [-0.1, -0.05) is 61.9 Å². The Bertz CT molecular complexity index is 1230. The van der Waals surface area contributed by atoms with Crippen LogP contribution in [0.5, 0.6) is 0 Å². The van der Waals surface area contributed by atoms with Gasteiger partial charge in [-0.25, -0.2) is 4.21 Å². The second-order valence-electron chi connectivity index (χ2n) is 7.32. The largest absolute Gasteiger partial charge is 0.416 e. The average molecular weight is 490 g/mol. The number of alkyl halides is 3. The molecule has 7 heteroatoms. The second-order valence-corrected chi connectivity index (χ2v) is 9.76. The summed E-state index contributed by atoms with van der Waals surface area (Å²) >= 11 is 1.54. The summed E-state index contributed by atoms with van der Waals surface area (Å²) in [7, 11) is -1.52. The fourth-order valence-electron chi connectivity index (χ4n) is 3.35. The summed E-state index contributed by atoms with van der Waals surface area (Å²) in [4.78, 5) is 0.648. The molecule has 0 amide bonds. The molecule has 1 aromatic heterocycles. The highest BCUT2D eigenvalue weighted by molar-refractivity contribution is 7.86. The Kier molecular flexibility index (Phi) is 7.97. The Balaban J connectivity index is 0.00000149. The molecule has 0 saturated carbocycles. The highest BCUT2D eigenvalue weighted by Crippen LogP contribution is 2.40. The van der Waals surface area contributed by atoms with Gasteiger partial charge >= 0.3 is 6.18 Å². The van der Waals surface area contributed by atoms with E-state index in [4.69, 9.17) is 0 Å². The number of halogens is 3. The molecular formula is C26H26F3NOS2. The monoisotopic (exact) mass is 489 g/mol. The molecule has 1 unspecified atom stereocenters. The first-order valence-electron chi connectivity index (χ1n) is 10.6. The van der Waals surface area contributed by atoms with Crippen LogP contribution in [0.1, 0.15) is 36.1 Å². The van der Waals surface area contributed by atoms with Gasteiger partial charge in [0.15, 0.2) is 11.0 Å². The molecule has 0 aliphatic rings. The topological polar surface area (TPSA) is 20.3 Å². The van der Waals surface area contributed by atoms with E-state index in [1.807, 2.05) is 76.2 Å². The van der Waals surface area contributed by atoms with Crippen molar-refractivity contribution in [3.05, 3.63) is 95.1 Å². The summed E-state index contributed by atoms with van der Waals surface area (Å²) in [5.74, 6) is 0. The zero-order chi connectivity index (χ0) is 24.2. The molecule has 4 aromatic rings. The fraction of sp³-hybridized carbons (Fsp3) is 0.231. The molecule has 0 bridgehead atoms. The molecule has 2 nitrogen and oxygen atoms in total. The maximum absolute atomic E-state index is 13.6. The number of anilines is 1. The Morgan fingerprint density at radius 2 is 1.48 bits per heavy atom. The summed E-state index contributed by atoms with van der Waals surface area (Å²) in [6, 6.07) is 20.5. The van der Waals surface area contributed by atoms with E-state index in [-0.39, 0.29) is 6.54 Å². The standard InChI is InChI=1S/C24H20F3NOS2.C2H6/c1-16-7-13-20(14-8-16)31(29)28(15-18-9-11-19(12-10-18)24(25,26)27)23-17(2)21-5-3-4-6-22(21)30-23;1-2/h3-14H,15H2,1-2H3;1-2H3. The van der Waals surface area contributed by atoms with Crippen molar-refractivity contribution in [3.8, 4) is 0 Å². The predicted octanol–water partition coefficient (Wildman–Crippen LogP) is 8.29. The predicted molar refractivity (Wildman–Crippen MR) is 133 cm³/mol. The van der Waals surface area contributed by atoms with Crippen LogP contribution in [-0.4, -0.2) is 4.21 Å². The van der Waals surface area contributed by atoms with Crippen molar-refractivity contribution >= 4 is 37.4 Å². The van der Waals surface area contributed by atoms with Gasteiger partial charge in [-0.2, -0.15) is 13.2 Å². The summed E-state index contributed by atoms with van der Waals surface area (Å²) < 4.78 is 55.3. The number of hydrogen-bond donors (Lipinski definition) is 0. The van der Waals surface area contributed by atoms with Crippen LogP contribution in [0.25, 0.3) is 10.1 Å². The van der Waals surface area contributed by atoms with Gasteiger partial charge in [-0.3, -0.25) is 4.31 Å².